The van der Waals surface area contributed by atoms with Crippen molar-refractivity contribution < 1.29 is 14.6 Å². The third-order valence-corrected chi connectivity index (χ3v) is 5.31. The van der Waals surface area contributed by atoms with Crippen LogP contribution in [0.15, 0.2) is 48.9 Å². The summed E-state index contributed by atoms with van der Waals surface area (Å²) in [4.78, 5) is 18.8. The molecule has 2 aromatic heterocycles. The molecule has 1 aromatic carbocycles. The SMILES string of the molecule is O=C(O)CC(c1ccncc1)c1c[nH]c2cc(OCCCNC3NCCN3)ccc12. The van der Waals surface area contributed by atoms with E-state index < -0.39 is 5.97 Å². The molecular formula is C22H27N5O3. The molecule has 8 nitrogen and oxygen atoms in total. The number of carboxylic acid groups (broad SMARTS) is 1. The highest BCUT2D eigenvalue weighted by molar-refractivity contribution is 5.86. The molecule has 0 aliphatic carbocycles. The second-order valence-corrected chi connectivity index (χ2v) is 7.38. The fraction of sp³-hybridized carbons (Fsp3) is 0.364. The van der Waals surface area contributed by atoms with Crippen molar-refractivity contribution in [1.29, 1.82) is 0 Å². The van der Waals surface area contributed by atoms with Crippen molar-refractivity contribution >= 4 is 16.9 Å². The zero-order valence-electron chi connectivity index (χ0n) is 16.7. The maximum Gasteiger partial charge on any atom is 0.304 e. The lowest BCUT2D eigenvalue weighted by molar-refractivity contribution is -0.137. The number of ether oxygens (including phenoxy) is 1. The summed E-state index contributed by atoms with van der Waals surface area (Å²) >= 11 is 0. The number of carboxylic acids is 1. The van der Waals surface area contributed by atoms with Gasteiger partial charge in [-0.3, -0.25) is 25.7 Å². The molecule has 0 spiro atoms. The van der Waals surface area contributed by atoms with Gasteiger partial charge in [-0.2, -0.15) is 0 Å². The second kappa shape index (κ2) is 9.71. The van der Waals surface area contributed by atoms with E-state index in [2.05, 4.69) is 25.9 Å². The summed E-state index contributed by atoms with van der Waals surface area (Å²) < 4.78 is 5.89. The molecule has 1 aliphatic heterocycles. The molecule has 4 rings (SSSR count). The molecule has 3 heterocycles. The zero-order valence-corrected chi connectivity index (χ0v) is 16.7. The van der Waals surface area contributed by atoms with E-state index >= 15 is 0 Å². The largest absolute Gasteiger partial charge is 0.493 e. The molecule has 30 heavy (non-hydrogen) atoms. The minimum Gasteiger partial charge on any atom is -0.493 e. The molecule has 0 saturated carbocycles. The summed E-state index contributed by atoms with van der Waals surface area (Å²) in [5.74, 6) is -0.274. The second-order valence-electron chi connectivity index (χ2n) is 7.38. The number of aliphatic carboxylic acids is 1. The Morgan fingerprint density at radius 3 is 2.80 bits per heavy atom. The van der Waals surface area contributed by atoms with Crippen molar-refractivity contribution in [3.8, 4) is 5.75 Å². The smallest absolute Gasteiger partial charge is 0.304 e. The number of H-pyrrole nitrogens is 1. The molecular weight excluding hydrogens is 382 g/mol. The maximum absolute atomic E-state index is 11.5. The molecule has 1 unspecified atom stereocenters. The summed E-state index contributed by atoms with van der Waals surface area (Å²) in [7, 11) is 0. The average Bonchev–Trinajstić information content (AvgIpc) is 3.42. The standard InChI is InChI=1S/C22H27N5O3/c28-21(29)13-18(15-4-7-23-8-5-15)19-14-27-20-12-16(2-3-17(19)20)30-11-1-6-24-22-25-9-10-26-22/h2-5,7-8,12,14,18,22,24-27H,1,6,9-11,13H2,(H,28,29). The zero-order chi connectivity index (χ0) is 20.8. The van der Waals surface area contributed by atoms with Crippen LogP contribution in [0.3, 0.4) is 0 Å². The summed E-state index contributed by atoms with van der Waals surface area (Å²) in [6, 6.07) is 9.65. The fourth-order valence-corrected chi connectivity index (χ4v) is 3.84. The Balaban J connectivity index is 1.41. The molecule has 158 valence electrons. The van der Waals surface area contributed by atoms with E-state index in [1.54, 1.807) is 12.4 Å². The van der Waals surface area contributed by atoms with Crippen LogP contribution in [-0.2, 0) is 4.79 Å². The summed E-state index contributed by atoms with van der Waals surface area (Å²) in [6.45, 7) is 3.46. The van der Waals surface area contributed by atoms with Crippen molar-refractivity contribution in [2.24, 2.45) is 0 Å². The van der Waals surface area contributed by atoms with Crippen molar-refractivity contribution in [3.05, 3.63) is 60.0 Å². The van der Waals surface area contributed by atoms with Crippen molar-refractivity contribution in [3.63, 3.8) is 0 Å². The molecule has 0 radical (unpaired) electrons. The van der Waals surface area contributed by atoms with Crippen molar-refractivity contribution in [2.45, 2.75) is 25.0 Å². The van der Waals surface area contributed by atoms with Gasteiger partial charge in [-0.1, -0.05) is 0 Å². The molecule has 0 amide bonds. The van der Waals surface area contributed by atoms with Crippen LogP contribution >= 0.6 is 0 Å². The highest BCUT2D eigenvalue weighted by atomic mass is 16.5. The topological polar surface area (TPSA) is 111 Å². The molecule has 1 saturated heterocycles. The first-order valence-corrected chi connectivity index (χ1v) is 10.3. The minimum atomic E-state index is -0.831. The first-order valence-electron chi connectivity index (χ1n) is 10.3. The monoisotopic (exact) mass is 409 g/mol. The lowest BCUT2D eigenvalue weighted by Gasteiger charge is -2.15. The highest BCUT2D eigenvalue weighted by Crippen LogP contribution is 2.34. The van der Waals surface area contributed by atoms with E-state index in [-0.39, 0.29) is 18.6 Å². The number of benzene rings is 1. The highest BCUT2D eigenvalue weighted by Gasteiger charge is 2.21. The van der Waals surface area contributed by atoms with Crippen LogP contribution in [0.25, 0.3) is 10.9 Å². The van der Waals surface area contributed by atoms with Crippen LogP contribution in [0.4, 0.5) is 0 Å². The number of nitrogens with zero attached hydrogens (tertiary/aromatic N) is 1. The Bertz CT molecular complexity index is 969. The lowest BCUT2D eigenvalue weighted by Crippen LogP contribution is -2.45. The van der Waals surface area contributed by atoms with Crippen LogP contribution in [0.5, 0.6) is 5.75 Å². The van der Waals surface area contributed by atoms with E-state index in [9.17, 15) is 9.90 Å². The van der Waals surface area contributed by atoms with Crippen LogP contribution in [-0.4, -0.2) is 53.6 Å². The van der Waals surface area contributed by atoms with E-state index in [0.717, 1.165) is 53.8 Å². The average molecular weight is 409 g/mol. The minimum absolute atomic E-state index is 0.0208. The maximum atomic E-state index is 11.5. The Morgan fingerprint density at radius 2 is 2.03 bits per heavy atom. The van der Waals surface area contributed by atoms with Gasteiger partial charge >= 0.3 is 5.97 Å². The molecule has 1 fully saturated rings. The van der Waals surface area contributed by atoms with Crippen LogP contribution in [0, 0.1) is 0 Å². The summed E-state index contributed by atoms with van der Waals surface area (Å²) in [6.07, 6.45) is 6.40. The number of nitrogens with one attached hydrogen (secondary N) is 4. The fourth-order valence-electron chi connectivity index (χ4n) is 3.84. The van der Waals surface area contributed by atoms with E-state index in [0.29, 0.717) is 6.61 Å². The number of fused-ring (bicyclic) bond motifs is 1. The number of hydrogen-bond acceptors (Lipinski definition) is 6. The number of hydrogen-bond donors (Lipinski definition) is 5. The van der Waals surface area contributed by atoms with Gasteiger partial charge in [-0.05, 0) is 41.8 Å². The number of pyridine rings is 1. The van der Waals surface area contributed by atoms with E-state index in [1.165, 1.54) is 0 Å². The normalized spacial score (nSPS) is 15.5. The number of aromatic amines is 1. The molecule has 5 N–H and O–H groups in total. The Morgan fingerprint density at radius 1 is 1.23 bits per heavy atom. The van der Waals surface area contributed by atoms with Crippen molar-refractivity contribution in [1.82, 2.24) is 25.9 Å². The van der Waals surface area contributed by atoms with Gasteiger partial charge in [0.15, 0.2) is 0 Å². The van der Waals surface area contributed by atoms with Crippen LogP contribution < -0.4 is 20.7 Å². The lowest BCUT2D eigenvalue weighted by atomic mass is 9.89. The third kappa shape index (κ3) is 4.96. The van der Waals surface area contributed by atoms with Gasteiger partial charge in [-0.15, -0.1) is 0 Å². The van der Waals surface area contributed by atoms with Crippen LogP contribution in [0.2, 0.25) is 0 Å². The molecule has 0 bridgehead atoms. The third-order valence-electron chi connectivity index (χ3n) is 5.31. The van der Waals surface area contributed by atoms with Gasteiger partial charge in [-0.25, -0.2) is 0 Å². The van der Waals surface area contributed by atoms with Gasteiger partial charge < -0.3 is 14.8 Å². The molecule has 3 aromatic rings. The summed E-state index contributed by atoms with van der Waals surface area (Å²) in [5.41, 5.74) is 2.84. The van der Waals surface area contributed by atoms with Gasteiger partial charge in [0.05, 0.1) is 13.0 Å². The quantitative estimate of drug-likeness (QED) is 0.326. The first-order chi connectivity index (χ1) is 14.7. The number of carbonyl (C=O) groups is 1. The first kappa shape index (κ1) is 20.3. The number of aromatic nitrogens is 2. The predicted octanol–water partition coefficient (Wildman–Crippen LogP) is 2.00. The van der Waals surface area contributed by atoms with Crippen molar-refractivity contribution in [2.75, 3.05) is 26.2 Å². The van der Waals surface area contributed by atoms with Gasteiger partial charge in [0.2, 0.25) is 0 Å². The molecule has 1 aliphatic rings. The number of rotatable bonds is 10. The Hall–Kier alpha value is -2.94. The predicted molar refractivity (Wildman–Crippen MR) is 115 cm³/mol. The van der Waals surface area contributed by atoms with Crippen LogP contribution in [0.1, 0.15) is 29.9 Å². The molecule has 1 atom stereocenters. The summed E-state index contributed by atoms with van der Waals surface area (Å²) in [5, 5.41) is 20.4. The Labute approximate surface area is 175 Å². The molecule has 8 heteroatoms. The van der Waals surface area contributed by atoms with E-state index in [1.807, 2.05) is 36.5 Å². The van der Waals surface area contributed by atoms with E-state index in [4.69, 9.17) is 4.74 Å². The van der Waals surface area contributed by atoms with Gasteiger partial charge in [0.1, 0.15) is 12.0 Å². The Kier molecular flexibility index (Phi) is 6.58. The van der Waals surface area contributed by atoms with Gasteiger partial charge in [0, 0.05) is 61.1 Å². The van der Waals surface area contributed by atoms with Gasteiger partial charge in [0.25, 0.3) is 0 Å².